The Morgan fingerprint density at radius 1 is 1.09 bits per heavy atom. The fourth-order valence-corrected chi connectivity index (χ4v) is 2.72. The number of aromatic hydroxyl groups is 1. The van der Waals surface area contributed by atoms with E-state index in [-0.39, 0.29) is 12.0 Å². The van der Waals surface area contributed by atoms with E-state index in [0.29, 0.717) is 23.3 Å². The van der Waals surface area contributed by atoms with Crippen LogP contribution in [0.15, 0.2) is 53.3 Å². The molecule has 0 atom stereocenters. The van der Waals surface area contributed by atoms with Gasteiger partial charge in [-0.1, -0.05) is 30.3 Å². The van der Waals surface area contributed by atoms with Gasteiger partial charge >= 0.3 is 0 Å². The molecule has 0 spiro atoms. The summed E-state index contributed by atoms with van der Waals surface area (Å²) in [5.74, 6) is 1.25. The van der Waals surface area contributed by atoms with Gasteiger partial charge in [0.1, 0.15) is 11.8 Å². The molecule has 0 amide bonds. The van der Waals surface area contributed by atoms with Crippen LogP contribution < -0.4 is 4.74 Å². The lowest BCUT2D eigenvalue weighted by atomic mass is 9.77. The molecule has 6 heteroatoms. The largest absolute Gasteiger partial charge is 0.491 e. The summed E-state index contributed by atoms with van der Waals surface area (Å²) < 4.78 is 10.8. The van der Waals surface area contributed by atoms with Crippen molar-refractivity contribution in [1.82, 2.24) is 15.1 Å². The monoisotopic (exact) mass is 309 g/mol. The molecule has 23 heavy (non-hydrogen) atoms. The van der Waals surface area contributed by atoms with E-state index in [9.17, 15) is 0 Å². The highest BCUT2D eigenvalue weighted by molar-refractivity contribution is 5.51. The third kappa shape index (κ3) is 2.88. The molecule has 1 saturated carbocycles. The molecule has 0 saturated heterocycles. The predicted molar refractivity (Wildman–Crippen MR) is 82.0 cm³/mol. The van der Waals surface area contributed by atoms with Gasteiger partial charge in [-0.2, -0.15) is 0 Å². The van der Waals surface area contributed by atoms with E-state index in [1.807, 2.05) is 6.07 Å². The molecule has 116 valence electrons. The normalized spacial score (nSPS) is 20.0. The van der Waals surface area contributed by atoms with Crippen molar-refractivity contribution >= 4 is 0 Å². The lowest BCUT2D eigenvalue weighted by Crippen LogP contribution is -2.32. The number of aromatic nitrogens is 3. The van der Waals surface area contributed by atoms with Crippen LogP contribution in [0, 0.1) is 0 Å². The van der Waals surface area contributed by atoms with Crippen LogP contribution in [0.3, 0.4) is 0 Å². The van der Waals surface area contributed by atoms with Crippen LogP contribution in [0.25, 0.3) is 11.5 Å². The number of ether oxygens (including phenoxy) is 1. The minimum atomic E-state index is -0.177. The van der Waals surface area contributed by atoms with Gasteiger partial charge in [0.25, 0.3) is 5.88 Å². The summed E-state index contributed by atoms with van der Waals surface area (Å²) in [4.78, 5) is 8.45. The van der Waals surface area contributed by atoms with E-state index < -0.39 is 0 Å². The highest BCUT2D eigenvalue weighted by Crippen LogP contribution is 2.38. The second-order valence-corrected chi connectivity index (χ2v) is 5.61. The number of hydrogen-bond donors (Lipinski definition) is 1. The van der Waals surface area contributed by atoms with Gasteiger partial charge < -0.3 is 14.4 Å². The first kappa shape index (κ1) is 13.8. The summed E-state index contributed by atoms with van der Waals surface area (Å²) in [5.41, 5.74) is 1.86. The average molecular weight is 309 g/mol. The van der Waals surface area contributed by atoms with Gasteiger partial charge in [-0.25, -0.2) is 9.97 Å². The molecule has 2 aromatic heterocycles. The highest BCUT2D eigenvalue weighted by Gasteiger charge is 2.32. The molecular weight excluding hydrogens is 294 g/mol. The maximum absolute atomic E-state index is 9.17. The van der Waals surface area contributed by atoms with Gasteiger partial charge in [0.05, 0.1) is 18.5 Å². The van der Waals surface area contributed by atoms with E-state index in [4.69, 9.17) is 14.4 Å². The molecule has 4 rings (SSSR count). The Morgan fingerprint density at radius 3 is 2.57 bits per heavy atom. The molecule has 1 aliphatic rings. The smallest absolute Gasteiger partial charge is 0.252 e. The molecule has 0 unspecified atom stereocenters. The molecule has 1 aliphatic carbocycles. The molecular formula is C17H15N3O3. The standard InChI is InChI=1S/C17H15N3O3/c21-16-8-15(23-20-16)14-9-19-17(10-18-14)22-13-6-12(7-13)11-4-2-1-3-5-11/h1-5,8-10,12-13H,6-7H2,(H,20,21)/t12-,13-. The van der Waals surface area contributed by atoms with E-state index in [1.165, 1.54) is 11.6 Å². The van der Waals surface area contributed by atoms with Crippen LogP contribution in [0.4, 0.5) is 0 Å². The first-order valence-corrected chi connectivity index (χ1v) is 7.47. The van der Waals surface area contributed by atoms with Gasteiger partial charge in [0, 0.05) is 0 Å². The predicted octanol–water partition coefficient (Wildman–Crippen LogP) is 3.16. The molecule has 0 radical (unpaired) electrons. The Morgan fingerprint density at radius 2 is 1.91 bits per heavy atom. The Kier molecular flexibility index (Phi) is 3.42. The molecule has 0 bridgehead atoms. The Hall–Kier alpha value is -2.89. The summed E-state index contributed by atoms with van der Waals surface area (Å²) in [6.45, 7) is 0. The molecule has 1 N–H and O–H groups in total. The minimum Gasteiger partial charge on any atom is -0.491 e. The number of hydrogen-bond acceptors (Lipinski definition) is 6. The van der Waals surface area contributed by atoms with Crippen LogP contribution in [-0.4, -0.2) is 26.3 Å². The fourth-order valence-electron chi connectivity index (χ4n) is 2.72. The topological polar surface area (TPSA) is 81.3 Å². The van der Waals surface area contributed by atoms with Crippen molar-refractivity contribution in [3.8, 4) is 23.2 Å². The molecule has 0 aliphatic heterocycles. The van der Waals surface area contributed by atoms with Gasteiger partial charge in [-0.15, -0.1) is 0 Å². The van der Waals surface area contributed by atoms with E-state index in [1.54, 1.807) is 12.4 Å². The summed E-state index contributed by atoms with van der Waals surface area (Å²) in [5, 5.41) is 12.6. The first-order chi connectivity index (χ1) is 11.3. The zero-order valence-corrected chi connectivity index (χ0v) is 12.3. The van der Waals surface area contributed by atoms with E-state index in [0.717, 1.165) is 12.8 Å². The minimum absolute atomic E-state index is 0.176. The summed E-state index contributed by atoms with van der Waals surface area (Å²) in [6.07, 6.45) is 5.26. The van der Waals surface area contributed by atoms with Crippen molar-refractivity contribution in [2.75, 3.05) is 0 Å². The van der Waals surface area contributed by atoms with Crippen molar-refractivity contribution in [2.45, 2.75) is 24.9 Å². The summed E-state index contributed by atoms with van der Waals surface area (Å²) >= 11 is 0. The summed E-state index contributed by atoms with van der Waals surface area (Å²) in [6, 6.07) is 11.9. The van der Waals surface area contributed by atoms with Crippen LogP contribution in [0.5, 0.6) is 11.8 Å². The van der Waals surface area contributed by atoms with Crippen LogP contribution in [0.2, 0.25) is 0 Å². The van der Waals surface area contributed by atoms with Crippen molar-refractivity contribution in [2.24, 2.45) is 0 Å². The van der Waals surface area contributed by atoms with Gasteiger partial charge in [-0.3, -0.25) is 0 Å². The zero-order chi connectivity index (χ0) is 15.6. The average Bonchev–Trinajstić information content (AvgIpc) is 2.98. The van der Waals surface area contributed by atoms with Crippen molar-refractivity contribution in [1.29, 1.82) is 0 Å². The molecule has 6 nitrogen and oxygen atoms in total. The number of nitrogens with zero attached hydrogens (tertiary/aromatic N) is 3. The molecule has 1 fully saturated rings. The summed E-state index contributed by atoms with van der Waals surface area (Å²) in [7, 11) is 0. The van der Waals surface area contributed by atoms with Crippen molar-refractivity contribution in [3.63, 3.8) is 0 Å². The Labute approximate surface area is 132 Å². The fraction of sp³-hybridized carbons (Fsp3) is 0.235. The third-order valence-corrected chi connectivity index (χ3v) is 4.03. The van der Waals surface area contributed by atoms with E-state index >= 15 is 0 Å². The van der Waals surface area contributed by atoms with E-state index in [2.05, 4.69) is 39.4 Å². The second-order valence-electron chi connectivity index (χ2n) is 5.61. The molecule has 3 aromatic rings. The quantitative estimate of drug-likeness (QED) is 0.797. The maximum atomic E-state index is 9.17. The Balaban J connectivity index is 1.36. The number of benzene rings is 1. The van der Waals surface area contributed by atoms with Crippen molar-refractivity contribution < 1.29 is 14.4 Å². The molecule has 1 aromatic carbocycles. The number of rotatable bonds is 4. The highest BCUT2D eigenvalue weighted by atomic mass is 16.5. The lowest BCUT2D eigenvalue weighted by molar-refractivity contribution is 0.0931. The lowest BCUT2D eigenvalue weighted by Gasteiger charge is -2.35. The second kappa shape index (κ2) is 5.72. The third-order valence-electron chi connectivity index (χ3n) is 4.03. The zero-order valence-electron chi connectivity index (χ0n) is 12.3. The van der Waals surface area contributed by atoms with Crippen LogP contribution in [-0.2, 0) is 0 Å². The molecule has 2 heterocycles. The Bertz CT molecular complexity index is 780. The maximum Gasteiger partial charge on any atom is 0.252 e. The van der Waals surface area contributed by atoms with Crippen LogP contribution >= 0.6 is 0 Å². The van der Waals surface area contributed by atoms with Gasteiger partial charge in [0.2, 0.25) is 5.88 Å². The first-order valence-electron chi connectivity index (χ1n) is 7.47. The van der Waals surface area contributed by atoms with Gasteiger partial charge in [-0.05, 0) is 29.5 Å². The van der Waals surface area contributed by atoms with Gasteiger partial charge in [0.15, 0.2) is 5.76 Å². The van der Waals surface area contributed by atoms with Crippen molar-refractivity contribution in [3.05, 3.63) is 54.4 Å². The SMILES string of the molecule is Oc1cc(-c2cnc(O[C@H]3C[C@H](c4ccccc4)C3)cn2)on1. The van der Waals surface area contributed by atoms with Crippen LogP contribution in [0.1, 0.15) is 24.3 Å².